The van der Waals surface area contributed by atoms with E-state index in [1.165, 1.54) is 30.9 Å². The first-order chi connectivity index (χ1) is 15.3. The number of hydrogen-bond acceptors (Lipinski definition) is 8. The minimum absolute atomic E-state index is 0.217. The van der Waals surface area contributed by atoms with Crippen LogP contribution in [0.15, 0.2) is 52.4 Å². The van der Waals surface area contributed by atoms with Gasteiger partial charge in [0, 0.05) is 7.05 Å². The monoisotopic (exact) mass is 456 g/mol. The Balaban J connectivity index is 1.81. The molecule has 2 aromatic carbocycles. The molecule has 9 nitrogen and oxygen atoms in total. The lowest BCUT2D eigenvalue weighted by Gasteiger charge is -2.09. The molecule has 0 radical (unpaired) electrons. The number of carbonyl (C=O) groups excluding carboxylic acids is 2. The second-order valence-electron chi connectivity index (χ2n) is 6.50. The van der Waals surface area contributed by atoms with E-state index < -0.39 is 18.5 Å². The number of esters is 1. The summed E-state index contributed by atoms with van der Waals surface area (Å²) in [5, 5.41) is 9.25. The van der Waals surface area contributed by atoms with E-state index in [1.54, 1.807) is 55.6 Å². The predicted octanol–water partition coefficient (Wildman–Crippen LogP) is 3.18. The third kappa shape index (κ3) is 5.27. The predicted molar refractivity (Wildman–Crippen MR) is 119 cm³/mol. The summed E-state index contributed by atoms with van der Waals surface area (Å²) >= 11 is 1.21. The average Bonchev–Trinajstić information content (AvgIpc) is 3.05. The molecule has 1 saturated heterocycles. The molecule has 2 aromatic rings. The van der Waals surface area contributed by atoms with Gasteiger partial charge >= 0.3 is 11.9 Å². The summed E-state index contributed by atoms with van der Waals surface area (Å²) < 4.78 is 15.1. The number of methoxy groups -OCH3 is 2. The largest absolute Gasteiger partial charge is 0.493 e. The summed E-state index contributed by atoms with van der Waals surface area (Å²) in [6.45, 7) is -0.490. The molecule has 3 rings (SSSR count). The van der Waals surface area contributed by atoms with E-state index in [0.717, 1.165) is 0 Å². The van der Waals surface area contributed by atoms with Gasteiger partial charge in [0.25, 0.3) is 5.91 Å². The highest BCUT2D eigenvalue weighted by Gasteiger charge is 2.30. The highest BCUT2D eigenvalue weighted by atomic mass is 32.2. The van der Waals surface area contributed by atoms with Gasteiger partial charge < -0.3 is 19.3 Å². The molecule has 10 heteroatoms. The number of ether oxygens (including phenoxy) is 3. The number of nitrogens with zero attached hydrogens (tertiary/aromatic N) is 2. The molecule has 1 aliphatic heterocycles. The van der Waals surface area contributed by atoms with Crippen molar-refractivity contribution in [2.45, 2.75) is 0 Å². The first-order valence-corrected chi connectivity index (χ1v) is 10.1. The van der Waals surface area contributed by atoms with E-state index in [1.807, 2.05) is 0 Å². The van der Waals surface area contributed by atoms with E-state index in [-0.39, 0.29) is 11.7 Å². The van der Waals surface area contributed by atoms with Crippen molar-refractivity contribution in [3.05, 3.63) is 58.5 Å². The fraction of sp³-hybridized carbons (Fsp3) is 0.182. The lowest BCUT2D eigenvalue weighted by atomic mass is 10.2. The number of aliphatic imine (C=N–C) groups is 1. The summed E-state index contributed by atoms with van der Waals surface area (Å²) in [7, 11) is 4.38. The zero-order chi connectivity index (χ0) is 23.3. The van der Waals surface area contributed by atoms with Gasteiger partial charge in [-0.05, 0) is 59.8 Å². The minimum Gasteiger partial charge on any atom is -0.493 e. The van der Waals surface area contributed by atoms with Crippen LogP contribution in [0.5, 0.6) is 11.5 Å². The Labute approximate surface area is 188 Å². The number of thioether (sulfide) groups is 1. The minimum atomic E-state index is -1.10. The van der Waals surface area contributed by atoms with E-state index in [0.29, 0.717) is 32.6 Å². The summed E-state index contributed by atoms with van der Waals surface area (Å²) in [6.07, 6.45) is 1.69. The Morgan fingerprint density at radius 2 is 1.84 bits per heavy atom. The van der Waals surface area contributed by atoms with Gasteiger partial charge in [-0.25, -0.2) is 14.6 Å². The second kappa shape index (κ2) is 10.0. The normalized spacial score (nSPS) is 15.8. The number of likely N-dealkylation sites (N-methyl/N-ethyl adjacent to an activating group) is 1. The molecule has 0 bridgehead atoms. The van der Waals surface area contributed by atoms with Crippen LogP contribution in [0, 0.1) is 0 Å². The highest BCUT2D eigenvalue weighted by Crippen LogP contribution is 2.35. The molecule has 32 heavy (non-hydrogen) atoms. The Morgan fingerprint density at radius 3 is 2.47 bits per heavy atom. The maximum absolute atomic E-state index is 12.7. The number of carbonyl (C=O) groups is 3. The van der Waals surface area contributed by atoms with Gasteiger partial charge in [0.15, 0.2) is 23.3 Å². The first-order valence-electron chi connectivity index (χ1n) is 9.29. The maximum Gasteiger partial charge on any atom is 0.341 e. The average molecular weight is 456 g/mol. The van der Waals surface area contributed by atoms with Crippen LogP contribution in [-0.2, 0) is 14.3 Å². The number of amides is 1. The van der Waals surface area contributed by atoms with Gasteiger partial charge in [0.2, 0.25) is 0 Å². The van der Waals surface area contributed by atoms with Crippen molar-refractivity contribution in [3.63, 3.8) is 0 Å². The van der Waals surface area contributed by atoms with Crippen LogP contribution in [0.25, 0.3) is 6.08 Å². The molecule has 1 N–H and O–H groups in total. The van der Waals surface area contributed by atoms with Gasteiger partial charge in [-0.3, -0.25) is 9.69 Å². The zero-order valence-electron chi connectivity index (χ0n) is 17.5. The molecule has 1 heterocycles. The number of hydrogen-bond donors (Lipinski definition) is 1. The van der Waals surface area contributed by atoms with Gasteiger partial charge in [-0.15, -0.1) is 0 Å². The summed E-state index contributed by atoms with van der Waals surface area (Å²) in [4.78, 5) is 41.3. The molecule has 0 unspecified atom stereocenters. The third-order valence-corrected chi connectivity index (χ3v) is 5.41. The number of amidine groups is 1. The summed E-state index contributed by atoms with van der Waals surface area (Å²) in [5.41, 5.74) is 1.67. The zero-order valence-corrected chi connectivity index (χ0v) is 18.3. The number of carboxylic acids is 1. The molecule has 1 amide bonds. The van der Waals surface area contributed by atoms with Crippen LogP contribution in [0.4, 0.5) is 5.69 Å². The van der Waals surface area contributed by atoms with Crippen LogP contribution in [0.1, 0.15) is 15.9 Å². The number of rotatable bonds is 7. The fourth-order valence-electron chi connectivity index (χ4n) is 2.74. The lowest BCUT2D eigenvalue weighted by molar-refractivity contribution is -0.139. The smallest absolute Gasteiger partial charge is 0.341 e. The van der Waals surface area contributed by atoms with Crippen LogP contribution in [0.2, 0.25) is 0 Å². The van der Waals surface area contributed by atoms with E-state index in [2.05, 4.69) is 9.73 Å². The fourth-order valence-corrected chi connectivity index (χ4v) is 3.72. The molecule has 0 atom stereocenters. The Kier molecular flexibility index (Phi) is 7.16. The van der Waals surface area contributed by atoms with Crippen LogP contribution < -0.4 is 9.47 Å². The van der Waals surface area contributed by atoms with Crippen molar-refractivity contribution in [2.75, 3.05) is 27.9 Å². The molecule has 0 saturated carbocycles. The SMILES string of the molecule is COC(=O)c1ccc(N=C2S/C(=C/c3ccc(OCC(=O)O)c(OC)c3)C(=O)N2C)cc1. The molecule has 0 spiro atoms. The Morgan fingerprint density at radius 1 is 1.12 bits per heavy atom. The van der Waals surface area contributed by atoms with E-state index >= 15 is 0 Å². The molecule has 1 aliphatic rings. The van der Waals surface area contributed by atoms with Crippen molar-refractivity contribution in [1.82, 2.24) is 4.90 Å². The standard InChI is InChI=1S/C22H20N2O7S/c1-24-20(27)18(11-13-4-9-16(17(10-13)29-2)31-12-19(25)26)32-22(24)23-15-7-5-14(6-8-15)21(28)30-3/h4-11H,12H2,1-3H3,(H,25,26)/b18-11+,23-22?. The first kappa shape index (κ1) is 22.9. The van der Waals surface area contributed by atoms with Crippen LogP contribution >= 0.6 is 11.8 Å². The molecule has 0 aliphatic carbocycles. The molecular formula is C22H20N2O7S. The van der Waals surface area contributed by atoms with Crippen molar-refractivity contribution in [3.8, 4) is 11.5 Å². The quantitative estimate of drug-likeness (QED) is 0.499. The Bertz CT molecular complexity index is 1110. The third-order valence-electron chi connectivity index (χ3n) is 4.35. The highest BCUT2D eigenvalue weighted by molar-refractivity contribution is 8.18. The van der Waals surface area contributed by atoms with Gasteiger partial charge in [0.05, 0.1) is 30.4 Å². The Hall–Kier alpha value is -3.79. The molecule has 0 aromatic heterocycles. The van der Waals surface area contributed by atoms with E-state index in [9.17, 15) is 14.4 Å². The second-order valence-corrected chi connectivity index (χ2v) is 7.51. The number of carboxylic acid groups (broad SMARTS) is 1. The van der Waals surface area contributed by atoms with Crippen molar-refractivity contribution in [2.24, 2.45) is 4.99 Å². The lowest BCUT2D eigenvalue weighted by Crippen LogP contribution is -2.23. The van der Waals surface area contributed by atoms with Gasteiger partial charge in [-0.1, -0.05) is 6.07 Å². The number of aliphatic carboxylic acids is 1. The van der Waals surface area contributed by atoms with Gasteiger partial charge in [-0.2, -0.15) is 0 Å². The van der Waals surface area contributed by atoms with Crippen molar-refractivity contribution < 1.29 is 33.7 Å². The molecular weight excluding hydrogens is 436 g/mol. The summed E-state index contributed by atoms with van der Waals surface area (Å²) in [5.74, 6) is -1.11. The van der Waals surface area contributed by atoms with Crippen molar-refractivity contribution >= 4 is 46.5 Å². The summed E-state index contributed by atoms with van der Waals surface area (Å²) in [6, 6.07) is 11.5. The molecule has 166 valence electrons. The van der Waals surface area contributed by atoms with Crippen LogP contribution in [0.3, 0.4) is 0 Å². The van der Waals surface area contributed by atoms with Crippen LogP contribution in [-0.4, -0.2) is 60.9 Å². The van der Waals surface area contributed by atoms with Gasteiger partial charge in [0.1, 0.15) is 0 Å². The topological polar surface area (TPSA) is 115 Å². The van der Waals surface area contributed by atoms with Crippen molar-refractivity contribution in [1.29, 1.82) is 0 Å². The number of benzene rings is 2. The maximum atomic E-state index is 12.7. The van der Waals surface area contributed by atoms with E-state index in [4.69, 9.17) is 14.6 Å². The molecule has 1 fully saturated rings.